The molecule has 5 fully saturated rings. The van der Waals surface area contributed by atoms with Gasteiger partial charge >= 0.3 is 0 Å². The van der Waals surface area contributed by atoms with Gasteiger partial charge in [0.25, 0.3) is 5.91 Å². The van der Waals surface area contributed by atoms with E-state index in [0.29, 0.717) is 18.7 Å². The maximum atomic E-state index is 13.7. The lowest BCUT2D eigenvalue weighted by Gasteiger charge is -2.72. The molecular formula is C30H34N2O5. The molecule has 3 aliphatic carbocycles. The van der Waals surface area contributed by atoms with Crippen LogP contribution in [0.5, 0.6) is 11.5 Å². The van der Waals surface area contributed by atoms with Gasteiger partial charge in [0.2, 0.25) is 0 Å². The maximum Gasteiger partial charge on any atom is 0.252 e. The van der Waals surface area contributed by atoms with E-state index in [-0.39, 0.29) is 11.9 Å². The van der Waals surface area contributed by atoms with Crippen LogP contribution in [0, 0.1) is 5.92 Å². The van der Waals surface area contributed by atoms with Gasteiger partial charge < -0.3 is 24.6 Å². The molecule has 3 saturated heterocycles. The number of benzene rings is 2. The zero-order valence-corrected chi connectivity index (χ0v) is 21.2. The van der Waals surface area contributed by atoms with E-state index in [1.54, 1.807) is 7.11 Å². The fraction of sp³-hybridized carbons (Fsp3) is 0.567. The fourth-order valence-electron chi connectivity index (χ4n) is 8.63. The molecule has 194 valence electrons. The highest BCUT2D eigenvalue weighted by Gasteiger charge is 2.82. The number of likely N-dealkylation sites (tertiary alicyclic amines) is 1. The van der Waals surface area contributed by atoms with Crippen LogP contribution in [0.2, 0.25) is 0 Å². The van der Waals surface area contributed by atoms with Gasteiger partial charge in [-0.25, -0.2) is 0 Å². The summed E-state index contributed by atoms with van der Waals surface area (Å²) in [5.74, 6) is 1.95. The van der Waals surface area contributed by atoms with Crippen LogP contribution in [0.4, 0.5) is 0 Å². The Morgan fingerprint density at radius 1 is 1.16 bits per heavy atom. The number of rotatable bonds is 6. The van der Waals surface area contributed by atoms with Crippen molar-refractivity contribution >= 4 is 5.91 Å². The minimum Gasteiger partial charge on any atom is -0.493 e. The Kier molecular flexibility index (Phi) is 4.53. The average Bonchev–Trinajstić information content (AvgIpc) is 3.66. The van der Waals surface area contributed by atoms with Crippen LogP contribution in [-0.2, 0) is 27.9 Å². The second-order valence-corrected chi connectivity index (χ2v) is 12.1. The Labute approximate surface area is 217 Å². The molecular weight excluding hydrogens is 468 g/mol. The first kappa shape index (κ1) is 22.4. The summed E-state index contributed by atoms with van der Waals surface area (Å²) in [6.45, 7) is 2.45. The highest BCUT2D eigenvalue weighted by Crippen LogP contribution is 2.71. The summed E-state index contributed by atoms with van der Waals surface area (Å²) in [5.41, 5.74) is 0.999. The monoisotopic (exact) mass is 502 g/mol. The van der Waals surface area contributed by atoms with Gasteiger partial charge in [-0.1, -0.05) is 36.4 Å². The van der Waals surface area contributed by atoms with Crippen molar-refractivity contribution in [3.63, 3.8) is 0 Å². The maximum absolute atomic E-state index is 13.7. The predicted molar refractivity (Wildman–Crippen MR) is 136 cm³/mol. The largest absolute Gasteiger partial charge is 0.493 e. The molecule has 7 aliphatic rings. The molecule has 2 aromatic carbocycles. The van der Waals surface area contributed by atoms with Crippen LogP contribution >= 0.6 is 0 Å². The third kappa shape index (κ3) is 2.75. The number of nitrogens with one attached hydrogen (secondary N) is 1. The summed E-state index contributed by atoms with van der Waals surface area (Å²) >= 11 is 0. The van der Waals surface area contributed by atoms with Crippen molar-refractivity contribution in [3.8, 4) is 11.5 Å². The van der Waals surface area contributed by atoms with E-state index in [1.165, 1.54) is 24.0 Å². The van der Waals surface area contributed by atoms with Gasteiger partial charge in [-0.15, -0.1) is 0 Å². The SMILES string of the molecule is COc1ccc2c3c1OC1C4(O)CCC5(O[C@@H]4C(=O)NCc4ccccc4)C(C2)N(CC2CC2)CCC315. The number of nitrogens with zero attached hydrogens (tertiary/aromatic N) is 1. The summed E-state index contributed by atoms with van der Waals surface area (Å²) in [4.78, 5) is 16.4. The topological polar surface area (TPSA) is 80.3 Å². The molecule has 0 aromatic heterocycles. The van der Waals surface area contributed by atoms with Gasteiger partial charge in [-0.2, -0.15) is 0 Å². The third-order valence-electron chi connectivity index (χ3n) is 10.4. The molecule has 4 heterocycles. The number of ether oxygens (including phenoxy) is 3. The molecule has 2 aromatic rings. The van der Waals surface area contributed by atoms with E-state index in [9.17, 15) is 9.90 Å². The number of carbonyl (C=O) groups excluding carboxylic acids is 1. The third-order valence-corrected chi connectivity index (χ3v) is 10.4. The van der Waals surface area contributed by atoms with Gasteiger partial charge in [0.05, 0.1) is 18.1 Å². The smallest absolute Gasteiger partial charge is 0.252 e. The summed E-state index contributed by atoms with van der Waals surface area (Å²) in [5, 5.41) is 15.4. The Balaban J connectivity index is 1.23. The first-order valence-electron chi connectivity index (χ1n) is 13.8. The second kappa shape index (κ2) is 7.49. The minimum absolute atomic E-state index is 0.161. The zero-order valence-electron chi connectivity index (χ0n) is 21.2. The number of hydrogen-bond acceptors (Lipinski definition) is 6. The molecule has 1 amide bonds. The van der Waals surface area contributed by atoms with E-state index in [0.717, 1.165) is 49.6 Å². The molecule has 7 nitrogen and oxygen atoms in total. The number of hydrogen-bond donors (Lipinski definition) is 2. The van der Waals surface area contributed by atoms with Crippen molar-refractivity contribution in [2.75, 3.05) is 20.2 Å². The number of aliphatic hydroxyl groups is 1. The van der Waals surface area contributed by atoms with Crippen molar-refractivity contribution in [1.29, 1.82) is 0 Å². The first-order valence-corrected chi connectivity index (χ1v) is 13.8. The van der Waals surface area contributed by atoms with Crippen LogP contribution in [0.3, 0.4) is 0 Å². The summed E-state index contributed by atoms with van der Waals surface area (Å²) in [6.07, 6.45) is 4.03. The highest BCUT2D eigenvalue weighted by molar-refractivity contribution is 5.83. The van der Waals surface area contributed by atoms with Crippen molar-refractivity contribution in [2.24, 2.45) is 5.92 Å². The quantitative estimate of drug-likeness (QED) is 0.633. The molecule has 2 N–H and O–H groups in total. The van der Waals surface area contributed by atoms with E-state index in [4.69, 9.17) is 14.2 Å². The van der Waals surface area contributed by atoms with Crippen LogP contribution in [0.25, 0.3) is 0 Å². The molecule has 7 heteroatoms. The molecule has 5 unspecified atom stereocenters. The number of amides is 1. The molecule has 2 saturated carbocycles. The molecule has 0 radical (unpaired) electrons. The number of fused-ring (bicyclic) bond motifs is 2. The van der Waals surface area contributed by atoms with Gasteiger partial charge in [-0.05, 0) is 68.2 Å². The van der Waals surface area contributed by atoms with Gasteiger partial charge in [0.1, 0.15) is 11.7 Å². The Bertz CT molecular complexity index is 1280. The lowest BCUT2D eigenvalue weighted by Crippen LogP contribution is -2.87. The Morgan fingerprint density at radius 3 is 2.78 bits per heavy atom. The van der Waals surface area contributed by atoms with Crippen LogP contribution in [0.1, 0.15) is 48.8 Å². The van der Waals surface area contributed by atoms with E-state index < -0.39 is 28.8 Å². The molecule has 4 bridgehead atoms. The van der Waals surface area contributed by atoms with E-state index >= 15 is 0 Å². The van der Waals surface area contributed by atoms with Crippen LogP contribution < -0.4 is 14.8 Å². The van der Waals surface area contributed by atoms with E-state index in [1.807, 2.05) is 36.4 Å². The number of methoxy groups -OCH3 is 1. The Morgan fingerprint density at radius 2 is 2.00 bits per heavy atom. The number of carbonyl (C=O) groups is 1. The lowest BCUT2D eigenvalue weighted by molar-refractivity contribution is -0.345. The summed E-state index contributed by atoms with van der Waals surface area (Å²) in [7, 11) is 1.67. The van der Waals surface area contributed by atoms with E-state index in [2.05, 4.69) is 16.3 Å². The molecule has 37 heavy (non-hydrogen) atoms. The van der Waals surface area contributed by atoms with Gasteiger partial charge in [-0.3, -0.25) is 9.69 Å². The first-order chi connectivity index (χ1) is 18.0. The van der Waals surface area contributed by atoms with Crippen molar-refractivity contribution < 1.29 is 24.1 Å². The Hall–Kier alpha value is -2.61. The van der Waals surface area contributed by atoms with Crippen molar-refractivity contribution in [3.05, 3.63) is 59.2 Å². The molecule has 2 spiro atoms. The van der Waals surface area contributed by atoms with Crippen LogP contribution in [0.15, 0.2) is 42.5 Å². The summed E-state index contributed by atoms with van der Waals surface area (Å²) < 4.78 is 19.5. The van der Waals surface area contributed by atoms with Crippen molar-refractivity contribution in [1.82, 2.24) is 10.2 Å². The molecule has 4 aliphatic heterocycles. The number of piperidine rings is 1. The predicted octanol–water partition coefficient (Wildman–Crippen LogP) is 2.71. The average molecular weight is 503 g/mol. The standard InChI is InChI=1S/C30H34N2O5/c1-35-21-10-9-20-15-22-30-12-11-29(34,25(37-30)26(33)31-16-18-5-3-2-4-6-18)27-28(30,23(20)24(21)36-27)13-14-32(22)17-19-7-8-19/h2-6,9-10,19,22,25,27,34H,7-8,11-17H2,1H3,(H,31,33)/t22?,25-,27?,28?,29?,30?/m1/s1. The summed E-state index contributed by atoms with van der Waals surface area (Å²) in [6, 6.07) is 14.2. The van der Waals surface area contributed by atoms with Crippen molar-refractivity contribution in [2.45, 2.75) is 79.9 Å². The van der Waals surface area contributed by atoms with Gasteiger partial charge in [0, 0.05) is 24.7 Å². The highest BCUT2D eigenvalue weighted by atomic mass is 16.6. The zero-order chi connectivity index (χ0) is 25.0. The lowest BCUT2D eigenvalue weighted by atomic mass is 9.44. The molecule has 6 atom stereocenters. The second-order valence-electron chi connectivity index (χ2n) is 12.1. The fourth-order valence-corrected chi connectivity index (χ4v) is 8.63. The van der Waals surface area contributed by atoms with Gasteiger partial charge in [0.15, 0.2) is 17.6 Å². The molecule has 9 rings (SSSR count). The normalized spacial score (nSPS) is 38.6. The minimum atomic E-state index is -1.41. The van der Waals surface area contributed by atoms with Crippen LogP contribution in [-0.4, -0.2) is 65.6 Å².